The molecule has 1 aromatic rings. The highest BCUT2D eigenvalue weighted by Crippen LogP contribution is 2.29. The number of likely N-dealkylation sites (N-methyl/N-ethyl adjacent to an activating group) is 1. The first-order valence-electron chi connectivity index (χ1n) is 5.92. The first-order valence-corrected chi connectivity index (χ1v) is 6.30. The Bertz CT molecular complexity index is 433. The zero-order valence-corrected chi connectivity index (χ0v) is 10.9. The number of nitrogens with zero attached hydrogens (tertiary/aromatic N) is 1. The molecule has 2 rings (SSSR count). The lowest BCUT2D eigenvalue weighted by molar-refractivity contribution is -0.117. The number of halogens is 1. The minimum absolute atomic E-state index is 0.168. The lowest BCUT2D eigenvalue weighted by Crippen LogP contribution is -2.32. The molecule has 0 aliphatic carbocycles. The third kappa shape index (κ3) is 2.45. The van der Waals surface area contributed by atoms with Crippen molar-refractivity contribution < 1.29 is 4.79 Å². The van der Waals surface area contributed by atoms with Crippen LogP contribution in [0.5, 0.6) is 0 Å². The molecular formula is C13H17ClN2O. The largest absolute Gasteiger partial charge is 0.312 e. The average Bonchev–Trinajstić information content (AvgIpc) is 2.64. The molecule has 1 amide bonds. The van der Waals surface area contributed by atoms with E-state index >= 15 is 0 Å². The number of nitrogens with one attached hydrogen (secondary N) is 1. The van der Waals surface area contributed by atoms with Crippen LogP contribution in [0.25, 0.3) is 0 Å². The van der Waals surface area contributed by atoms with E-state index in [1.807, 2.05) is 30.0 Å². The summed E-state index contributed by atoms with van der Waals surface area (Å²) in [7, 11) is 0. The van der Waals surface area contributed by atoms with Gasteiger partial charge in [-0.05, 0) is 31.2 Å². The number of carbonyl (C=O) groups is 1. The van der Waals surface area contributed by atoms with E-state index in [-0.39, 0.29) is 11.9 Å². The van der Waals surface area contributed by atoms with Gasteiger partial charge in [-0.3, -0.25) is 4.79 Å². The number of rotatable bonds is 3. The Morgan fingerprint density at radius 1 is 1.53 bits per heavy atom. The summed E-state index contributed by atoms with van der Waals surface area (Å²) in [6, 6.07) is 5.94. The molecule has 0 spiro atoms. The summed E-state index contributed by atoms with van der Waals surface area (Å²) < 4.78 is 0. The van der Waals surface area contributed by atoms with Crippen molar-refractivity contribution in [3.8, 4) is 0 Å². The van der Waals surface area contributed by atoms with Crippen LogP contribution in [0.2, 0.25) is 5.02 Å². The van der Waals surface area contributed by atoms with Crippen LogP contribution in [0.1, 0.15) is 18.9 Å². The number of hydrogen-bond donors (Lipinski definition) is 1. The van der Waals surface area contributed by atoms with Gasteiger partial charge in [0.25, 0.3) is 0 Å². The second-order valence-corrected chi connectivity index (χ2v) is 4.75. The summed E-state index contributed by atoms with van der Waals surface area (Å²) in [5, 5.41) is 4.02. The predicted octanol–water partition coefficient (Wildman–Crippen LogP) is 2.36. The van der Waals surface area contributed by atoms with Crippen molar-refractivity contribution in [1.29, 1.82) is 0 Å². The van der Waals surface area contributed by atoms with Crippen LogP contribution in [0.15, 0.2) is 18.2 Å². The van der Waals surface area contributed by atoms with E-state index in [2.05, 4.69) is 12.2 Å². The lowest BCUT2D eigenvalue weighted by atomic mass is 10.2. The summed E-state index contributed by atoms with van der Waals surface area (Å²) in [4.78, 5) is 13.8. The minimum atomic E-state index is 0.168. The van der Waals surface area contributed by atoms with Crippen LogP contribution in [-0.4, -0.2) is 25.0 Å². The second-order valence-electron chi connectivity index (χ2n) is 4.35. The fourth-order valence-electron chi connectivity index (χ4n) is 2.25. The Morgan fingerprint density at radius 3 is 3.00 bits per heavy atom. The second kappa shape index (κ2) is 5.07. The van der Waals surface area contributed by atoms with Gasteiger partial charge in [0.1, 0.15) is 0 Å². The highest BCUT2D eigenvalue weighted by Gasteiger charge is 2.30. The van der Waals surface area contributed by atoms with Gasteiger partial charge in [0.2, 0.25) is 5.91 Å². The Hall–Kier alpha value is -1.06. The van der Waals surface area contributed by atoms with Crippen molar-refractivity contribution in [1.82, 2.24) is 5.32 Å². The van der Waals surface area contributed by atoms with Crippen LogP contribution in [-0.2, 0) is 4.79 Å². The molecule has 0 radical (unpaired) electrons. The van der Waals surface area contributed by atoms with Crippen molar-refractivity contribution >= 4 is 23.2 Å². The number of carbonyl (C=O) groups excluding carboxylic acids is 1. The molecule has 1 atom stereocenters. The van der Waals surface area contributed by atoms with Gasteiger partial charge in [0.15, 0.2) is 0 Å². The van der Waals surface area contributed by atoms with Crippen molar-refractivity contribution in [3.05, 3.63) is 28.8 Å². The summed E-state index contributed by atoms with van der Waals surface area (Å²) >= 11 is 6.08. The van der Waals surface area contributed by atoms with Crippen LogP contribution in [0, 0.1) is 6.92 Å². The molecule has 1 unspecified atom stereocenters. The van der Waals surface area contributed by atoms with Crippen molar-refractivity contribution in [3.63, 3.8) is 0 Å². The molecule has 4 heteroatoms. The fourth-order valence-corrected chi connectivity index (χ4v) is 2.42. The Labute approximate surface area is 107 Å². The van der Waals surface area contributed by atoms with E-state index in [9.17, 15) is 4.79 Å². The van der Waals surface area contributed by atoms with Crippen molar-refractivity contribution in [2.24, 2.45) is 0 Å². The van der Waals surface area contributed by atoms with Crippen LogP contribution < -0.4 is 10.2 Å². The summed E-state index contributed by atoms with van der Waals surface area (Å²) in [6.07, 6.45) is 0.569. The SMILES string of the molecule is CCNC1CC(=O)N(c2cccc(Cl)c2C)C1. The maximum absolute atomic E-state index is 12.0. The van der Waals surface area contributed by atoms with Gasteiger partial charge >= 0.3 is 0 Å². The van der Waals surface area contributed by atoms with Gasteiger partial charge in [0.05, 0.1) is 0 Å². The molecule has 1 heterocycles. The quantitative estimate of drug-likeness (QED) is 0.896. The Balaban J connectivity index is 2.23. The fraction of sp³-hybridized carbons (Fsp3) is 0.462. The number of anilines is 1. The van der Waals surface area contributed by atoms with Crippen molar-refractivity contribution in [2.75, 3.05) is 18.0 Å². The lowest BCUT2D eigenvalue weighted by Gasteiger charge is -2.19. The van der Waals surface area contributed by atoms with Gasteiger partial charge in [0, 0.05) is 29.7 Å². The van der Waals surface area contributed by atoms with Gasteiger partial charge in [-0.1, -0.05) is 24.6 Å². The maximum Gasteiger partial charge on any atom is 0.228 e. The smallest absolute Gasteiger partial charge is 0.228 e. The van der Waals surface area contributed by atoms with E-state index in [0.29, 0.717) is 11.4 Å². The molecule has 92 valence electrons. The molecule has 3 nitrogen and oxygen atoms in total. The summed E-state index contributed by atoms with van der Waals surface area (Å²) in [5.74, 6) is 0.168. The van der Waals surface area contributed by atoms with E-state index < -0.39 is 0 Å². The molecule has 1 N–H and O–H groups in total. The van der Waals surface area contributed by atoms with E-state index in [0.717, 1.165) is 24.3 Å². The van der Waals surface area contributed by atoms with Crippen LogP contribution in [0.3, 0.4) is 0 Å². The van der Waals surface area contributed by atoms with E-state index in [1.165, 1.54) is 0 Å². The maximum atomic E-state index is 12.0. The predicted molar refractivity (Wildman–Crippen MR) is 70.6 cm³/mol. The highest BCUT2D eigenvalue weighted by molar-refractivity contribution is 6.31. The molecule has 0 aromatic heterocycles. The van der Waals surface area contributed by atoms with Gasteiger partial charge in [-0.2, -0.15) is 0 Å². The third-order valence-electron chi connectivity index (χ3n) is 3.15. The Kier molecular flexibility index (Phi) is 3.69. The zero-order valence-electron chi connectivity index (χ0n) is 10.2. The van der Waals surface area contributed by atoms with E-state index in [4.69, 9.17) is 11.6 Å². The average molecular weight is 253 g/mol. The van der Waals surface area contributed by atoms with Gasteiger partial charge in [-0.25, -0.2) is 0 Å². The number of benzene rings is 1. The molecule has 1 aromatic carbocycles. The molecule has 0 saturated carbocycles. The molecule has 1 aliphatic rings. The van der Waals surface area contributed by atoms with Gasteiger partial charge in [-0.15, -0.1) is 0 Å². The molecule has 1 saturated heterocycles. The van der Waals surface area contributed by atoms with Crippen LogP contribution in [0.4, 0.5) is 5.69 Å². The summed E-state index contributed by atoms with van der Waals surface area (Å²) in [5.41, 5.74) is 1.91. The molecule has 0 bridgehead atoms. The van der Waals surface area contributed by atoms with E-state index in [1.54, 1.807) is 0 Å². The minimum Gasteiger partial charge on any atom is -0.312 e. The topological polar surface area (TPSA) is 32.3 Å². The molecule has 1 aliphatic heterocycles. The monoisotopic (exact) mass is 252 g/mol. The first-order chi connectivity index (χ1) is 8.13. The number of hydrogen-bond acceptors (Lipinski definition) is 2. The van der Waals surface area contributed by atoms with Crippen LogP contribution >= 0.6 is 11.6 Å². The first kappa shape index (κ1) is 12.4. The molecule has 17 heavy (non-hydrogen) atoms. The number of amides is 1. The normalized spacial score (nSPS) is 20.1. The standard InChI is InChI=1S/C13H17ClN2O/c1-3-15-10-7-13(17)16(8-10)12-6-4-5-11(14)9(12)2/h4-6,10,15H,3,7-8H2,1-2H3. The van der Waals surface area contributed by atoms with Crippen molar-refractivity contribution in [2.45, 2.75) is 26.3 Å². The Morgan fingerprint density at radius 2 is 2.29 bits per heavy atom. The summed E-state index contributed by atoms with van der Waals surface area (Å²) in [6.45, 7) is 5.62. The highest BCUT2D eigenvalue weighted by atomic mass is 35.5. The third-order valence-corrected chi connectivity index (χ3v) is 3.56. The van der Waals surface area contributed by atoms with Gasteiger partial charge < -0.3 is 10.2 Å². The zero-order chi connectivity index (χ0) is 12.4. The molecular weight excluding hydrogens is 236 g/mol. The molecule has 1 fully saturated rings.